The molecular weight excluding hydrogens is 216 g/mol. The molecule has 0 aliphatic rings. The summed E-state index contributed by atoms with van der Waals surface area (Å²) >= 11 is 0. The van der Waals surface area contributed by atoms with Gasteiger partial charge in [-0.3, -0.25) is 9.59 Å². The van der Waals surface area contributed by atoms with Crippen LogP contribution in [-0.4, -0.2) is 24.7 Å². The first-order valence-electron chi connectivity index (χ1n) is 5.77. The minimum Gasteiger partial charge on any atom is -0.388 e. The van der Waals surface area contributed by atoms with Crippen molar-refractivity contribution in [3.8, 4) is 0 Å². The van der Waals surface area contributed by atoms with Gasteiger partial charge in [0.25, 0.3) is 0 Å². The standard InChI is InChI=1S/C13H22N2O2/c1-10(8-12(3)16)14-6-5-7-15-11(2)9-13(4)17/h8-9,14-15H,5-7H2,1-4H3/b10-8-,11-9-. The normalized spacial score (nSPS) is 12.2. The average molecular weight is 238 g/mol. The minimum atomic E-state index is 0.0494. The maximum Gasteiger partial charge on any atom is 0.154 e. The zero-order chi connectivity index (χ0) is 13.3. The third kappa shape index (κ3) is 10.7. The molecule has 17 heavy (non-hydrogen) atoms. The molecule has 0 amide bonds. The smallest absolute Gasteiger partial charge is 0.154 e. The molecule has 0 bridgehead atoms. The number of allylic oxidation sites excluding steroid dienone is 4. The van der Waals surface area contributed by atoms with Crippen molar-refractivity contribution in [3.63, 3.8) is 0 Å². The first-order valence-corrected chi connectivity index (χ1v) is 5.77. The summed E-state index contributed by atoms with van der Waals surface area (Å²) in [6.07, 6.45) is 4.08. The number of carbonyl (C=O) groups is 2. The van der Waals surface area contributed by atoms with Gasteiger partial charge in [-0.2, -0.15) is 0 Å². The number of hydrogen-bond acceptors (Lipinski definition) is 4. The molecule has 0 spiro atoms. The van der Waals surface area contributed by atoms with E-state index in [0.29, 0.717) is 0 Å². The summed E-state index contributed by atoms with van der Waals surface area (Å²) in [5.41, 5.74) is 1.77. The predicted octanol–water partition coefficient (Wildman–Crippen LogP) is 1.54. The fraction of sp³-hybridized carbons (Fsp3) is 0.538. The summed E-state index contributed by atoms with van der Waals surface area (Å²) < 4.78 is 0. The number of carbonyl (C=O) groups excluding carboxylic acids is 2. The van der Waals surface area contributed by atoms with Gasteiger partial charge in [0.15, 0.2) is 11.6 Å². The van der Waals surface area contributed by atoms with Gasteiger partial charge in [-0.05, 0) is 46.3 Å². The van der Waals surface area contributed by atoms with Crippen molar-refractivity contribution >= 4 is 11.6 Å². The van der Waals surface area contributed by atoms with Gasteiger partial charge in [-0.1, -0.05) is 0 Å². The molecule has 4 nitrogen and oxygen atoms in total. The number of rotatable bonds is 8. The van der Waals surface area contributed by atoms with Crippen molar-refractivity contribution < 1.29 is 9.59 Å². The summed E-state index contributed by atoms with van der Waals surface area (Å²) in [7, 11) is 0. The van der Waals surface area contributed by atoms with Crippen molar-refractivity contribution in [1.82, 2.24) is 10.6 Å². The van der Waals surface area contributed by atoms with E-state index < -0.39 is 0 Å². The number of ketones is 2. The highest BCUT2D eigenvalue weighted by Crippen LogP contribution is 1.90. The second kappa shape index (κ2) is 8.56. The van der Waals surface area contributed by atoms with E-state index in [2.05, 4.69) is 10.6 Å². The molecule has 0 unspecified atom stereocenters. The lowest BCUT2D eigenvalue weighted by molar-refractivity contribution is -0.113. The van der Waals surface area contributed by atoms with Crippen LogP contribution in [0.1, 0.15) is 34.1 Å². The monoisotopic (exact) mass is 238 g/mol. The zero-order valence-corrected chi connectivity index (χ0v) is 11.1. The highest BCUT2D eigenvalue weighted by atomic mass is 16.1. The molecule has 0 aliphatic heterocycles. The Morgan fingerprint density at radius 1 is 0.824 bits per heavy atom. The minimum absolute atomic E-state index is 0.0494. The van der Waals surface area contributed by atoms with Crippen LogP contribution in [0.5, 0.6) is 0 Å². The summed E-state index contributed by atoms with van der Waals surface area (Å²) in [5, 5.41) is 6.28. The van der Waals surface area contributed by atoms with Crippen molar-refractivity contribution in [2.75, 3.05) is 13.1 Å². The molecule has 4 heteroatoms. The molecule has 0 radical (unpaired) electrons. The Bertz CT molecular complexity index is 298. The van der Waals surface area contributed by atoms with Gasteiger partial charge in [-0.25, -0.2) is 0 Å². The second-order valence-electron chi connectivity index (χ2n) is 4.08. The highest BCUT2D eigenvalue weighted by molar-refractivity contribution is 5.88. The van der Waals surface area contributed by atoms with E-state index in [1.165, 1.54) is 13.8 Å². The Hall–Kier alpha value is -1.58. The molecule has 0 fully saturated rings. The van der Waals surface area contributed by atoms with Gasteiger partial charge < -0.3 is 10.6 Å². The lowest BCUT2D eigenvalue weighted by Crippen LogP contribution is -2.20. The van der Waals surface area contributed by atoms with Gasteiger partial charge in [0.05, 0.1) is 0 Å². The second-order valence-corrected chi connectivity index (χ2v) is 4.08. The summed E-state index contributed by atoms with van der Waals surface area (Å²) in [5.74, 6) is 0.0988. The van der Waals surface area contributed by atoms with E-state index in [4.69, 9.17) is 0 Å². The maximum atomic E-state index is 10.8. The van der Waals surface area contributed by atoms with E-state index in [1.807, 2.05) is 13.8 Å². The van der Waals surface area contributed by atoms with Crippen molar-refractivity contribution in [2.45, 2.75) is 34.1 Å². The third-order valence-electron chi connectivity index (χ3n) is 2.00. The van der Waals surface area contributed by atoms with Gasteiger partial charge in [0.2, 0.25) is 0 Å². The van der Waals surface area contributed by atoms with Crippen LogP contribution < -0.4 is 10.6 Å². The lowest BCUT2D eigenvalue weighted by Gasteiger charge is -2.08. The quantitative estimate of drug-likeness (QED) is 0.497. The van der Waals surface area contributed by atoms with Gasteiger partial charge in [0.1, 0.15) is 0 Å². The van der Waals surface area contributed by atoms with E-state index in [0.717, 1.165) is 30.9 Å². The van der Waals surface area contributed by atoms with Gasteiger partial charge >= 0.3 is 0 Å². The maximum absolute atomic E-state index is 10.8. The summed E-state index contributed by atoms with van der Waals surface area (Å²) in [6, 6.07) is 0. The van der Waals surface area contributed by atoms with E-state index in [1.54, 1.807) is 12.2 Å². The van der Waals surface area contributed by atoms with Crippen LogP contribution in [0.25, 0.3) is 0 Å². The predicted molar refractivity (Wildman–Crippen MR) is 69.5 cm³/mol. The Morgan fingerprint density at radius 3 is 1.47 bits per heavy atom. The Balaban J connectivity index is 3.66. The molecule has 0 atom stereocenters. The van der Waals surface area contributed by atoms with Crippen LogP contribution in [0, 0.1) is 0 Å². The largest absolute Gasteiger partial charge is 0.388 e. The molecule has 0 aromatic rings. The molecular formula is C13H22N2O2. The Kier molecular flexibility index (Phi) is 7.76. The molecule has 0 saturated carbocycles. The van der Waals surface area contributed by atoms with Crippen LogP contribution in [-0.2, 0) is 9.59 Å². The van der Waals surface area contributed by atoms with Crippen molar-refractivity contribution in [1.29, 1.82) is 0 Å². The molecule has 0 heterocycles. The molecule has 0 saturated heterocycles. The van der Waals surface area contributed by atoms with E-state index in [9.17, 15) is 9.59 Å². The summed E-state index contributed by atoms with van der Waals surface area (Å²) in [4.78, 5) is 21.5. The van der Waals surface area contributed by atoms with Crippen LogP contribution in [0.4, 0.5) is 0 Å². The lowest BCUT2D eigenvalue weighted by atomic mass is 10.3. The van der Waals surface area contributed by atoms with Crippen LogP contribution in [0.15, 0.2) is 23.5 Å². The Labute approximate surface area is 103 Å². The number of hydrogen-bond donors (Lipinski definition) is 2. The SMILES string of the molecule is CC(=O)/C=C(/C)NCCCN/C(C)=C\C(C)=O. The molecule has 0 aromatic carbocycles. The van der Waals surface area contributed by atoms with Crippen LogP contribution >= 0.6 is 0 Å². The van der Waals surface area contributed by atoms with Crippen molar-refractivity contribution in [2.24, 2.45) is 0 Å². The number of nitrogens with one attached hydrogen (secondary N) is 2. The Morgan fingerprint density at radius 2 is 1.18 bits per heavy atom. The molecule has 0 rings (SSSR count). The van der Waals surface area contributed by atoms with Crippen molar-refractivity contribution in [3.05, 3.63) is 23.5 Å². The highest BCUT2D eigenvalue weighted by Gasteiger charge is 1.93. The fourth-order valence-electron chi connectivity index (χ4n) is 1.37. The van der Waals surface area contributed by atoms with Crippen LogP contribution in [0.3, 0.4) is 0 Å². The van der Waals surface area contributed by atoms with E-state index >= 15 is 0 Å². The molecule has 0 aliphatic carbocycles. The van der Waals surface area contributed by atoms with E-state index in [-0.39, 0.29) is 11.6 Å². The third-order valence-corrected chi connectivity index (χ3v) is 2.00. The average Bonchev–Trinajstić information content (AvgIpc) is 2.14. The molecule has 96 valence electrons. The zero-order valence-electron chi connectivity index (χ0n) is 11.1. The first-order chi connectivity index (χ1) is 7.91. The topological polar surface area (TPSA) is 58.2 Å². The fourth-order valence-corrected chi connectivity index (χ4v) is 1.37. The summed E-state index contributed by atoms with van der Waals surface area (Å²) in [6.45, 7) is 8.41. The van der Waals surface area contributed by atoms with Crippen LogP contribution in [0.2, 0.25) is 0 Å². The molecule has 0 aromatic heterocycles. The first kappa shape index (κ1) is 15.4. The van der Waals surface area contributed by atoms with Gasteiger partial charge in [0, 0.05) is 24.5 Å². The van der Waals surface area contributed by atoms with Gasteiger partial charge in [-0.15, -0.1) is 0 Å². The molecule has 2 N–H and O–H groups in total.